The maximum absolute atomic E-state index is 13.8. The predicted molar refractivity (Wildman–Crippen MR) is 132 cm³/mol. The van der Waals surface area contributed by atoms with E-state index in [1.165, 1.54) is 23.1 Å². The summed E-state index contributed by atoms with van der Waals surface area (Å²) in [4.78, 5) is 45.0. The Kier molecular flexibility index (Phi) is 6.25. The van der Waals surface area contributed by atoms with Crippen molar-refractivity contribution in [2.24, 2.45) is 0 Å². The predicted octanol–water partition coefficient (Wildman–Crippen LogP) is 4.10. The number of benzene rings is 1. The van der Waals surface area contributed by atoms with Gasteiger partial charge in [-0.2, -0.15) is 0 Å². The van der Waals surface area contributed by atoms with Gasteiger partial charge in [-0.05, 0) is 62.6 Å². The summed E-state index contributed by atoms with van der Waals surface area (Å²) in [5.74, 6) is -0.418. The van der Waals surface area contributed by atoms with Crippen LogP contribution in [0.15, 0.2) is 34.2 Å². The van der Waals surface area contributed by atoms with Crippen molar-refractivity contribution in [3.63, 3.8) is 0 Å². The number of para-hydroxylation sites is 1. The van der Waals surface area contributed by atoms with Gasteiger partial charge in [0.15, 0.2) is 5.16 Å². The standard InChI is InChI=1S/C24H26N4O3S2/c1-14-7-5-6-9-17(14)28-22(30)20-16-8-3-2-4-10-18(16)33-21(20)27-24(28)32-13-19(29)26-23(31)25-15-11-12-15/h5-7,9,15H,2-4,8,10-13H2,1H3,(H2,25,26,29,31). The molecule has 1 fully saturated rings. The molecule has 3 aromatic rings. The minimum absolute atomic E-state index is 0.00694. The van der Waals surface area contributed by atoms with Crippen LogP contribution < -0.4 is 16.2 Å². The van der Waals surface area contributed by atoms with E-state index in [0.717, 1.165) is 65.6 Å². The van der Waals surface area contributed by atoms with Crippen molar-refractivity contribution >= 4 is 45.3 Å². The average molecular weight is 483 g/mol. The Hall–Kier alpha value is -2.65. The first kappa shape index (κ1) is 22.2. The summed E-state index contributed by atoms with van der Waals surface area (Å²) < 4.78 is 1.64. The lowest BCUT2D eigenvalue weighted by Crippen LogP contribution is -2.41. The van der Waals surface area contributed by atoms with Crippen LogP contribution >= 0.6 is 23.1 Å². The maximum atomic E-state index is 13.8. The van der Waals surface area contributed by atoms with E-state index in [4.69, 9.17) is 4.98 Å². The number of thiophene rings is 1. The number of hydrogen-bond acceptors (Lipinski definition) is 6. The molecular formula is C24H26N4O3S2. The third-order valence-corrected chi connectivity index (χ3v) is 8.19. The first-order chi connectivity index (χ1) is 16.0. The average Bonchev–Trinajstić information content (AvgIpc) is 3.56. The van der Waals surface area contributed by atoms with Crippen LogP contribution in [0.2, 0.25) is 0 Å². The number of rotatable bonds is 5. The van der Waals surface area contributed by atoms with Gasteiger partial charge >= 0.3 is 6.03 Å². The van der Waals surface area contributed by atoms with Crippen LogP contribution in [0.5, 0.6) is 0 Å². The van der Waals surface area contributed by atoms with Gasteiger partial charge in [0.1, 0.15) is 4.83 Å². The molecule has 2 aromatic heterocycles. The molecule has 0 saturated heterocycles. The molecule has 1 aromatic carbocycles. The molecule has 172 valence electrons. The summed E-state index contributed by atoms with van der Waals surface area (Å²) in [5, 5.41) is 6.30. The van der Waals surface area contributed by atoms with Gasteiger partial charge in [0, 0.05) is 10.9 Å². The van der Waals surface area contributed by atoms with Gasteiger partial charge in [-0.3, -0.25) is 19.5 Å². The number of carbonyl (C=O) groups is 2. The smallest absolute Gasteiger partial charge is 0.321 e. The minimum Gasteiger partial charge on any atom is -0.335 e. The van der Waals surface area contributed by atoms with E-state index >= 15 is 0 Å². The fourth-order valence-electron chi connectivity index (χ4n) is 4.23. The number of hydrogen-bond donors (Lipinski definition) is 2. The van der Waals surface area contributed by atoms with Crippen molar-refractivity contribution in [3.8, 4) is 5.69 Å². The Morgan fingerprint density at radius 2 is 1.97 bits per heavy atom. The summed E-state index contributed by atoms with van der Waals surface area (Å²) >= 11 is 2.79. The highest BCUT2D eigenvalue weighted by Gasteiger charge is 2.25. The zero-order chi connectivity index (χ0) is 22.9. The number of imide groups is 1. The first-order valence-electron chi connectivity index (χ1n) is 11.4. The number of urea groups is 1. The van der Waals surface area contributed by atoms with Crippen LogP contribution in [0, 0.1) is 6.92 Å². The van der Waals surface area contributed by atoms with Gasteiger partial charge in [0.25, 0.3) is 5.56 Å². The second kappa shape index (κ2) is 9.30. The number of nitrogens with zero attached hydrogens (tertiary/aromatic N) is 2. The van der Waals surface area contributed by atoms with Gasteiger partial charge in [-0.25, -0.2) is 9.78 Å². The van der Waals surface area contributed by atoms with Crippen LogP contribution in [0.4, 0.5) is 4.79 Å². The largest absolute Gasteiger partial charge is 0.335 e. The zero-order valence-electron chi connectivity index (χ0n) is 18.5. The van der Waals surface area contributed by atoms with E-state index in [9.17, 15) is 14.4 Å². The van der Waals surface area contributed by atoms with Crippen molar-refractivity contribution in [1.29, 1.82) is 0 Å². The molecule has 1 saturated carbocycles. The summed E-state index contributed by atoms with van der Waals surface area (Å²) in [6.07, 6.45) is 7.20. The third kappa shape index (κ3) is 4.70. The number of aromatic nitrogens is 2. The third-order valence-electron chi connectivity index (χ3n) is 6.06. The van der Waals surface area contributed by atoms with Gasteiger partial charge in [0.05, 0.1) is 16.8 Å². The second-order valence-corrected chi connectivity index (χ2v) is 10.7. The topological polar surface area (TPSA) is 93.1 Å². The quantitative estimate of drug-likeness (QED) is 0.324. The molecule has 0 bridgehead atoms. The number of fused-ring (bicyclic) bond motifs is 3. The van der Waals surface area contributed by atoms with Crippen molar-refractivity contribution in [2.45, 2.75) is 63.1 Å². The lowest BCUT2D eigenvalue weighted by atomic mass is 10.1. The molecule has 5 rings (SSSR count). The first-order valence-corrected chi connectivity index (χ1v) is 13.2. The lowest BCUT2D eigenvalue weighted by molar-refractivity contribution is -0.117. The molecule has 2 aliphatic carbocycles. The van der Waals surface area contributed by atoms with E-state index < -0.39 is 11.9 Å². The summed E-state index contributed by atoms with van der Waals surface area (Å²) in [6, 6.07) is 7.41. The van der Waals surface area contributed by atoms with Gasteiger partial charge in [-0.1, -0.05) is 36.4 Å². The van der Waals surface area contributed by atoms with E-state index in [1.54, 1.807) is 15.9 Å². The number of nitrogens with one attached hydrogen (secondary N) is 2. The monoisotopic (exact) mass is 482 g/mol. The summed E-state index contributed by atoms with van der Waals surface area (Å²) in [5.41, 5.74) is 2.79. The second-order valence-electron chi connectivity index (χ2n) is 8.65. The Bertz CT molecular complexity index is 1290. The SMILES string of the molecule is Cc1ccccc1-n1c(SCC(=O)NC(=O)NC2CC2)nc2sc3c(c2c1=O)CCCCC3. The molecule has 0 atom stereocenters. The van der Waals surface area contributed by atoms with Crippen LogP contribution in [0.3, 0.4) is 0 Å². The van der Waals surface area contributed by atoms with Crippen molar-refractivity contribution < 1.29 is 9.59 Å². The molecular weight excluding hydrogens is 456 g/mol. The number of amides is 3. The van der Waals surface area contributed by atoms with Crippen LogP contribution in [-0.4, -0.2) is 33.3 Å². The Balaban J connectivity index is 1.52. The molecule has 3 amide bonds. The van der Waals surface area contributed by atoms with Crippen molar-refractivity contribution in [3.05, 3.63) is 50.6 Å². The lowest BCUT2D eigenvalue weighted by Gasteiger charge is -2.14. The molecule has 2 N–H and O–H groups in total. The number of carbonyl (C=O) groups excluding carboxylic acids is 2. The zero-order valence-corrected chi connectivity index (χ0v) is 20.1. The molecule has 9 heteroatoms. The summed E-state index contributed by atoms with van der Waals surface area (Å²) in [6.45, 7) is 1.96. The minimum atomic E-state index is -0.468. The molecule has 0 spiro atoms. The normalized spacial score (nSPS) is 15.7. The summed E-state index contributed by atoms with van der Waals surface area (Å²) in [7, 11) is 0. The Morgan fingerprint density at radius 3 is 2.76 bits per heavy atom. The molecule has 33 heavy (non-hydrogen) atoms. The van der Waals surface area contributed by atoms with Gasteiger partial charge in [-0.15, -0.1) is 11.3 Å². The Labute approximate surface area is 200 Å². The van der Waals surface area contributed by atoms with E-state index in [-0.39, 0.29) is 17.4 Å². The molecule has 2 heterocycles. The molecule has 0 aliphatic heterocycles. The molecule has 0 radical (unpaired) electrons. The van der Waals surface area contributed by atoms with E-state index in [0.29, 0.717) is 5.16 Å². The van der Waals surface area contributed by atoms with Gasteiger partial charge < -0.3 is 5.32 Å². The maximum Gasteiger partial charge on any atom is 0.321 e. The fraction of sp³-hybridized carbons (Fsp3) is 0.417. The highest BCUT2D eigenvalue weighted by molar-refractivity contribution is 7.99. The molecule has 2 aliphatic rings. The van der Waals surface area contributed by atoms with E-state index in [1.807, 2.05) is 31.2 Å². The number of thioether (sulfide) groups is 1. The highest BCUT2D eigenvalue weighted by Crippen LogP contribution is 2.35. The molecule has 7 nitrogen and oxygen atoms in total. The number of aryl methyl sites for hydroxylation is 3. The fourth-order valence-corrected chi connectivity index (χ4v) is 6.34. The van der Waals surface area contributed by atoms with Crippen LogP contribution in [0.25, 0.3) is 15.9 Å². The van der Waals surface area contributed by atoms with E-state index in [2.05, 4.69) is 10.6 Å². The van der Waals surface area contributed by atoms with Crippen LogP contribution in [0.1, 0.15) is 48.1 Å². The molecule has 0 unspecified atom stereocenters. The Morgan fingerprint density at radius 1 is 1.18 bits per heavy atom. The van der Waals surface area contributed by atoms with Gasteiger partial charge in [0.2, 0.25) is 5.91 Å². The van der Waals surface area contributed by atoms with Crippen LogP contribution in [-0.2, 0) is 17.6 Å². The highest BCUT2D eigenvalue weighted by atomic mass is 32.2. The van der Waals surface area contributed by atoms with Crippen molar-refractivity contribution in [2.75, 3.05) is 5.75 Å². The van der Waals surface area contributed by atoms with Crippen molar-refractivity contribution in [1.82, 2.24) is 20.2 Å².